The van der Waals surface area contributed by atoms with E-state index in [4.69, 9.17) is 92.8 Å². The first-order valence-corrected chi connectivity index (χ1v) is 12.6. The second-order valence-corrected chi connectivity index (χ2v) is 10.9. The quantitative estimate of drug-likeness (QED) is 0.209. The smallest absolute Gasteiger partial charge is 0.115 e. The average molecular weight is 595 g/mol. The molecule has 0 amide bonds. The van der Waals surface area contributed by atoms with Crippen molar-refractivity contribution < 1.29 is 0 Å². The van der Waals surface area contributed by atoms with Crippen molar-refractivity contribution in [3.8, 4) is 0 Å². The van der Waals surface area contributed by atoms with Crippen molar-refractivity contribution in [1.29, 1.82) is 0 Å². The molecule has 0 spiro atoms. The summed E-state index contributed by atoms with van der Waals surface area (Å²) < 4.78 is 0. The van der Waals surface area contributed by atoms with Crippen LogP contribution in [0.4, 0.5) is 0 Å². The predicted molar refractivity (Wildman–Crippen MR) is 150 cm³/mol. The van der Waals surface area contributed by atoms with Crippen molar-refractivity contribution in [1.82, 2.24) is 0 Å². The van der Waals surface area contributed by atoms with Crippen LogP contribution in [0.2, 0.25) is 40.2 Å². The minimum Gasteiger partial charge on any atom is -0.176 e. The van der Waals surface area contributed by atoms with Crippen LogP contribution in [0.25, 0.3) is 0 Å². The Labute approximate surface area is 232 Å². The van der Waals surface area contributed by atoms with Crippen LogP contribution in [0.5, 0.6) is 0 Å². The highest BCUT2D eigenvalue weighted by Crippen LogP contribution is 2.28. The molecule has 4 rings (SSSR count). The van der Waals surface area contributed by atoms with E-state index in [1.54, 1.807) is 48.5 Å². The van der Waals surface area contributed by atoms with Gasteiger partial charge < -0.3 is 0 Å². The molecule has 0 fully saturated rings. The van der Waals surface area contributed by atoms with Crippen molar-refractivity contribution in [3.63, 3.8) is 0 Å². The van der Waals surface area contributed by atoms with Gasteiger partial charge in [0.2, 0.25) is 0 Å². The fraction of sp³-hybridized carbons (Fsp3) is 0. The normalized spacial score (nSPS) is 11.6. The Morgan fingerprint density at radius 2 is 0.545 bits per heavy atom. The lowest BCUT2D eigenvalue weighted by molar-refractivity contribution is 1.65. The Kier molecular flexibility index (Phi) is 7.76. The van der Waals surface area contributed by atoms with Crippen molar-refractivity contribution in [3.05, 3.63) is 113 Å². The highest BCUT2D eigenvalue weighted by Gasteiger charge is 2.37. The van der Waals surface area contributed by atoms with Crippen LogP contribution in [-0.2, 0) is 0 Å². The molecule has 0 aromatic heterocycles. The van der Waals surface area contributed by atoms with E-state index in [-0.39, 0.29) is 0 Å². The van der Waals surface area contributed by atoms with Gasteiger partial charge in [-0.25, -0.2) is 0 Å². The van der Waals surface area contributed by atoms with Crippen LogP contribution in [0, 0.1) is 0 Å². The van der Waals surface area contributed by atoms with Crippen LogP contribution < -0.4 is 21.9 Å². The van der Waals surface area contributed by atoms with E-state index in [9.17, 15) is 0 Å². The Morgan fingerprint density at radius 3 is 0.727 bits per heavy atom. The zero-order chi connectivity index (χ0) is 23.9. The van der Waals surface area contributed by atoms with Gasteiger partial charge in [0.15, 0.2) is 0 Å². The average Bonchev–Trinajstić information content (AvgIpc) is 2.72. The van der Waals surface area contributed by atoms with Crippen LogP contribution >= 0.6 is 92.8 Å². The third-order valence-corrected chi connectivity index (χ3v) is 7.97. The third kappa shape index (κ3) is 4.73. The summed E-state index contributed by atoms with van der Waals surface area (Å²) >= 11 is 52.4. The van der Waals surface area contributed by atoms with Gasteiger partial charge in [0.25, 0.3) is 0 Å². The summed E-state index contributed by atoms with van der Waals surface area (Å²) in [6.45, 7) is 0. The molecule has 168 valence electrons. The molecular weight excluding hydrogens is 583 g/mol. The molecule has 0 radical (unpaired) electrons. The summed E-state index contributed by atoms with van der Waals surface area (Å²) in [5.74, 6) is 0. The fourth-order valence-electron chi connectivity index (χ4n) is 4.42. The first-order valence-electron chi connectivity index (χ1n) is 9.62. The third-order valence-electron chi connectivity index (χ3n) is 5.72. The maximum absolute atomic E-state index is 6.84. The van der Waals surface area contributed by atoms with Crippen molar-refractivity contribution in [2.24, 2.45) is 0 Å². The van der Waals surface area contributed by atoms with Crippen LogP contribution in [0.15, 0.2) is 72.8 Å². The van der Waals surface area contributed by atoms with Crippen molar-refractivity contribution in [2.45, 2.75) is 0 Å². The minimum absolute atomic E-state index is 0.422. The Morgan fingerprint density at radius 1 is 0.333 bits per heavy atom. The molecule has 0 atom stereocenters. The lowest BCUT2D eigenvalue weighted by atomic mass is 9.13. The highest BCUT2D eigenvalue weighted by atomic mass is 35.5. The molecule has 0 saturated carbocycles. The maximum atomic E-state index is 6.84. The summed E-state index contributed by atoms with van der Waals surface area (Å²) in [6.07, 6.45) is -2.14. The van der Waals surface area contributed by atoms with Gasteiger partial charge in [0.05, 0.1) is 0 Å². The maximum Gasteiger partial charge on any atom is 0.115 e. The second-order valence-electron chi connectivity index (χ2n) is 7.53. The molecule has 0 heterocycles. The number of rotatable bonds is 4. The van der Waals surface area contributed by atoms with Crippen LogP contribution in [-0.4, -0.2) is 6.15 Å². The van der Waals surface area contributed by atoms with Crippen molar-refractivity contribution in [2.75, 3.05) is 0 Å². The zero-order valence-electron chi connectivity index (χ0n) is 16.5. The van der Waals surface area contributed by atoms with Gasteiger partial charge in [-0.1, -0.05) is 117 Å². The lowest BCUT2D eigenvalue weighted by Crippen LogP contribution is -2.75. The van der Waals surface area contributed by atoms with Gasteiger partial charge in [-0.3, -0.25) is 0 Å². The second kappa shape index (κ2) is 10.1. The largest absolute Gasteiger partial charge is 0.176 e. The summed E-state index contributed by atoms with van der Waals surface area (Å²) in [4.78, 5) is 0. The summed E-state index contributed by atoms with van der Waals surface area (Å²) in [5, 5.41) is 3.63. The number of hydrogen-bond donors (Lipinski definition) is 0. The number of hydrogen-bond acceptors (Lipinski definition) is 0. The first kappa shape index (κ1) is 25.4. The summed E-state index contributed by atoms with van der Waals surface area (Å²) in [6, 6.07) is 21.1. The monoisotopic (exact) mass is 591 g/mol. The van der Waals surface area contributed by atoms with Gasteiger partial charge in [-0.05, 0) is 48.5 Å². The van der Waals surface area contributed by atoms with Gasteiger partial charge in [0.1, 0.15) is 6.15 Å². The molecule has 0 saturated heterocycles. The standard InChI is InChI=1S/C24H12BCl8/c26-13-1-5-17(21(30)9-13)25(18-6-2-14(27)10-22(18)31,19-7-3-15(28)11-23(19)32)20-8-4-16(29)12-24(20)33/h1-12H/q-1. The fourth-order valence-corrected chi connectivity index (χ4v) is 6.70. The SMILES string of the molecule is Clc1ccc([B-](c2ccc(Cl)cc2Cl)(c2ccc(Cl)cc2Cl)c2ccc(Cl)cc2Cl)c(Cl)c1. The van der Waals surface area contributed by atoms with E-state index in [0.717, 1.165) is 21.9 Å². The predicted octanol–water partition coefficient (Wildman–Crippen LogP) is 8.29. The topological polar surface area (TPSA) is 0 Å². The van der Waals surface area contributed by atoms with Gasteiger partial charge in [-0.2, -0.15) is 21.9 Å². The Balaban J connectivity index is 2.28. The van der Waals surface area contributed by atoms with Crippen LogP contribution in [0.3, 0.4) is 0 Å². The molecule has 9 heteroatoms. The number of benzene rings is 4. The van der Waals surface area contributed by atoms with Crippen molar-refractivity contribution >= 4 is 121 Å². The molecule has 0 aliphatic carbocycles. The van der Waals surface area contributed by atoms with E-state index in [1.807, 2.05) is 24.3 Å². The van der Waals surface area contributed by atoms with Gasteiger partial charge >= 0.3 is 0 Å². The van der Waals surface area contributed by atoms with Gasteiger partial charge in [-0.15, -0.1) is 0 Å². The van der Waals surface area contributed by atoms with E-state index < -0.39 is 6.15 Å². The molecule has 0 unspecified atom stereocenters. The molecule has 4 aromatic rings. The molecule has 33 heavy (non-hydrogen) atoms. The Bertz CT molecular complexity index is 1160. The minimum atomic E-state index is -2.14. The van der Waals surface area contributed by atoms with E-state index in [2.05, 4.69) is 0 Å². The number of halogens is 8. The summed E-state index contributed by atoms with van der Waals surface area (Å²) in [7, 11) is 0. The Hall–Kier alpha value is -0.735. The lowest BCUT2D eigenvalue weighted by Gasteiger charge is -2.46. The zero-order valence-corrected chi connectivity index (χ0v) is 22.6. The molecule has 0 nitrogen and oxygen atoms in total. The van der Waals surface area contributed by atoms with E-state index >= 15 is 0 Å². The van der Waals surface area contributed by atoms with Gasteiger partial charge in [0, 0.05) is 40.2 Å². The molecular formula is C24H12BCl8-. The molecule has 0 aliphatic heterocycles. The highest BCUT2D eigenvalue weighted by molar-refractivity contribution is 7.22. The first-order chi connectivity index (χ1) is 15.6. The molecule has 0 bridgehead atoms. The molecule has 0 aliphatic rings. The van der Waals surface area contributed by atoms with Crippen LogP contribution in [0.1, 0.15) is 0 Å². The van der Waals surface area contributed by atoms with E-state index in [0.29, 0.717) is 40.2 Å². The summed E-state index contributed by atoms with van der Waals surface area (Å²) in [5.41, 5.74) is 2.88. The van der Waals surface area contributed by atoms with E-state index in [1.165, 1.54) is 0 Å². The molecule has 4 aromatic carbocycles. The molecule has 0 N–H and O–H groups in total.